The van der Waals surface area contributed by atoms with Crippen LogP contribution in [0.15, 0.2) is 23.2 Å². The van der Waals surface area contributed by atoms with Gasteiger partial charge in [-0.25, -0.2) is 4.79 Å². The molecule has 29 heavy (non-hydrogen) atoms. The fourth-order valence-electron chi connectivity index (χ4n) is 2.98. The van der Waals surface area contributed by atoms with Crippen molar-refractivity contribution in [1.29, 1.82) is 0 Å². The van der Waals surface area contributed by atoms with Crippen molar-refractivity contribution in [2.75, 3.05) is 38.7 Å². The highest BCUT2D eigenvalue weighted by Crippen LogP contribution is 2.32. The maximum atomic E-state index is 12.4. The molecule has 0 bridgehead atoms. The molecule has 1 aromatic carbocycles. The van der Waals surface area contributed by atoms with Crippen LogP contribution in [0.1, 0.15) is 40.0 Å². The molecule has 1 aromatic rings. The number of rotatable bonds is 5. The molecule has 0 saturated heterocycles. The number of ether oxygens (including phenoxy) is 3. The van der Waals surface area contributed by atoms with Crippen LogP contribution in [-0.2, 0) is 4.74 Å². The van der Waals surface area contributed by atoms with Crippen LogP contribution in [0.2, 0.25) is 0 Å². The largest absolute Gasteiger partial charge is 0.490 e. The predicted octanol–water partition coefficient (Wildman–Crippen LogP) is 3.23. The lowest BCUT2D eigenvalue weighted by Crippen LogP contribution is -2.43. The maximum Gasteiger partial charge on any atom is 0.410 e. The SMILES string of the molecule is CN=C(NCCN(C(=O)OC(C)(C)C)C1CC1)Nc1ccc2c(c1)OCCCO2. The van der Waals surface area contributed by atoms with Crippen molar-refractivity contribution >= 4 is 17.7 Å². The van der Waals surface area contributed by atoms with E-state index in [0.29, 0.717) is 32.3 Å². The van der Waals surface area contributed by atoms with Crippen LogP contribution in [0, 0.1) is 0 Å². The van der Waals surface area contributed by atoms with E-state index in [1.54, 1.807) is 11.9 Å². The third-order valence-electron chi connectivity index (χ3n) is 4.49. The van der Waals surface area contributed by atoms with Crippen molar-refractivity contribution in [3.05, 3.63) is 18.2 Å². The summed E-state index contributed by atoms with van der Waals surface area (Å²) in [6, 6.07) is 6.01. The Morgan fingerprint density at radius 2 is 1.97 bits per heavy atom. The van der Waals surface area contributed by atoms with Crippen molar-refractivity contribution in [3.8, 4) is 11.5 Å². The standard InChI is InChI=1S/C21H32N4O4/c1-21(2,3)29-20(26)25(16-7-8-16)11-10-23-19(22-4)24-15-6-9-17-18(14-15)28-13-5-12-27-17/h6,9,14,16H,5,7-8,10-13H2,1-4H3,(H2,22,23,24). The Morgan fingerprint density at radius 3 is 2.62 bits per heavy atom. The summed E-state index contributed by atoms with van der Waals surface area (Å²) >= 11 is 0. The highest BCUT2D eigenvalue weighted by Gasteiger charge is 2.34. The fourth-order valence-corrected chi connectivity index (χ4v) is 2.98. The first-order valence-corrected chi connectivity index (χ1v) is 10.2. The average Bonchev–Trinajstić information content (AvgIpc) is 3.49. The van der Waals surface area contributed by atoms with Gasteiger partial charge in [-0.15, -0.1) is 0 Å². The molecule has 2 aliphatic rings. The lowest BCUT2D eigenvalue weighted by atomic mass is 10.2. The van der Waals surface area contributed by atoms with Gasteiger partial charge >= 0.3 is 6.09 Å². The third-order valence-corrected chi connectivity index (χ3v) is 4.49. The number of benzene rings is 1. The number of fused-ring (bicyclic) bond motifs is 1. The smallest absolute Gasteiger partial charge is 0.410 e. The molecule has 8 heteroatoms. The molecule has 2 N–H and O–H groups in total. The number of anilines is 1. The van der Waals surface area contributed by atoms with Crippen LogP contribution in [-0.4, -0.2) is 61.9 Å². The Kier molecular flexibility index (Phi) is 6.71. The first-order chi connectivity index (χ1) is 13.9. The molecular weight excluding hydrogens is 372 g/mol. The van der Waals surface area contributed by atoms with Crippen molar-refractivity contribution in [1.82, 2.24) is 10.2 Å². The van der Waals surface area contributed by atoms with Gasteiger partial charge < -0.3 is 29.7 Å². The van der Waals surface area contributed by atoms with Crippen molar-refractivity contribution < 1.29 is 19.0 Å². The van der Waals surface area contributed by atoms with Gasteiger partial charge in [0.2, 0.25) is 0 Å². The monoisotopic (exact) mass is 404 g/mol. The van der Waals surface area contributed by atoms with Crippen molar-refractivity contribution in [2.45, 2.75) is 51.7 Å². The van der Waals surface area contributed by atoms with Gasteiger partial charge in [-0.2, -0.15) is 0 Å². The molecule has 8 nitrogen and oxygen atoms in total. The molecule has 1 saturated carbocycles. The summed E-state index contributed by atoms with van der Waals surface area (Å²) < 4.78 is 16.9. The molecule has 1 aliphatic heterocycles. The Bertz CT molecular complexity index is 741. The number of nitrogens with one attached hydrogen (secondary N) is 2. The lowest BCUT2D eigenvalue weighted by molar-refractivity contribution is 0.0238. The van der Waals surface area contributed by atoms with Crippen LogP contribution in [0.25, 0.3) is 0 Å². The second-order valence-electron chi connectivity index (χ2n) is 8.24. The number of hydrogen-bond donors (Lipinski definition) is 2. The Hall–Kier alpha value is -2.64. The Balaban J connectivity index is 1.52. The molecule has 0 spiro atoms. The number of amides is 1. The second-order valence-corrected chi connectivity index (χ2v) is 8.24. The van der Waals surface area contributed by atoms with Gasteiger partial charge in [-0.3, -0.25) is 4.99 Å². The summed E-state index contributed by atoms with van der Waals surface area (Å²) in [6.45, 7) is 8.09. The predicted molar refractivity (Wildman–Crippen MR) is 113 cm³/mol. The normalized spacial score (nSPS) is 16.6. The molecular formula is C21H32N4O4. The van der Waals surface area contributed by atoms with Crippen molar-refractivity contribution in [3.63, 3.8) is 0 Å². The van der Waals surface area contributed by atoms with Gasteiger partial charge in [0.25, 0.3) is 0 Å². The molecule has 0 unspecified atom stereocenters. The van der Waals surface area contributed by atoms with Crippen LogP contribution in [0.5, 0.6) is 11.5 Å². The Labute approximate surface area is 172 Å². The van der Waals surface area contributed by atoms with E-state index in [9.17, 15) is 4.79 Å². The number of nitrogens with zero attached hydrogens (tertiary/aromatic N) is 2. The number of guanidine groups is 1. The summed E-state index contributed by atoms with van der Waals surface area (Å²) in [4.78, 5) is 18.5. The van der Waals surface area contributed by atoms with Crippen LogP contribution in [0.3, 0.4) is 0 Å². The van der Waals surface area contributed by atoms with Gasteiger partial charge in [-0.05, 0) is 45.7 Å². The minimum absolute atomic E-state index is 0.257. The molecule has 160 valence electrons. The number of carbonyl (C=O) groups is 1. The zero-order chi connectivity index (χ0) is 20.9. The summed E-state index contributed by atoms with van der Waals surface area (Å²) in [7, 11) is 1.71. The van der Waals surface area contributed by atoms with Gasteiger partial charge in [0.05, 0.1) is 13.2 Å². The zero-order valence-corrected chi connectivity index (χ0v) is 17.8. The zero-order valence-electron chi connectivity index (χ0n) is 17.8. The summed E-state index contributed by atoms with van der Waals surface area (Å²) in [5, 5.41) is 6.51. The quantitative estimate of drug-likeness (QED) is 0.579. The summed E-state index contributed by atoms with van der Waals surface area (Å²) in [6.07, 6.45) is 2.68. The van der Waals surface area contributed by atoms with E-state index in [0.717, 1.165) is 36.4 Å². The topological polar surface area (TPSA) is 84.4 Å². The van der Waals surface area contributed by atoms with E-state index in [1.165, 1.54) is 0 Å². The molecule has 1 aliphatic carbocycles. The van der Waals surface area contributed by atoms with Gasteiger partial charge in [0, 0.05) is 44.4 Å². The molecule has 3 rings (SSSR count). The minimum atomic E-state index is -0.494. The van der Waals surface area contributed by atoms with Gasteiger partial charge in [-0.1, -0.05) is 0 Å². The average molecular weight is 405 g/mol. The third kappa shape index (κ3) is 6.44. The Morgan fingerprint density at radius 1 is 1.24 bits per heavy atom. The van der Waals surface area contributed by atoms with Crippen LogP contribution in [0.4, 0.5) is 10.5 Å². The van der Waals surface area contributed by atoms with Gasteiger partial charge in [0.15, 0.2) is 17.5 Å². The van der Waals surface area contributed by atoms with E-state index >= 15 is 0 Å². The molecule has 1 heterocycles. The second kappa shape index (κ2) is 9.24. The first kappa shape index (κ1) is 21.1. The van der Waals surface area contributed by atoms with Gasteiger partial charge in [0.1, 0.15) is 5.60 Å². The molecule has 1 amide bonds. The van der Waals surface area contributed by atoms with E-state index in [1.807, 2.05) is 39.0 Å². The molecule has 0 aromatic heterocycles. The van der Waals surface area contributed by atoms with Crippen molar-refractivity contribution in [2.24, 2.45) is 4.99 Å². The molecule has 0 radical (unpaired) electrons. The lowest BCUT2D eigenvalue weighted by Gasteiger charge is -2.27. The van der Waals surface area contributed by atoms with Crippen LogP contribution >= 0.6 is 0 Å². The summed E-state index contributed by atoms with van der Waals surface area (Å²) in [5.74, 6) is 2.11. The first-order valence-electron chi connectivity index (χ1n) is 10.2. The van der Waals surface area contributed by atoms with E-state index in [2.05, 4.69) is 15.6 Å². The molecule has 0 atom stereocenters. The fraction of sp³-hybridized carbons (Fsp3) is 0.619. The van der Waals surface area contributed by atoms with E-state index in [-0.39, 0.29) is 12.1 Å². The highest BCUT2D eigenvalue weighted by molar-refractivity contribution is 5.93. The number of aliphatic imine (C=N–C) groups is 1. The number of hydrogen-bond acceptors (Lipinski definition) is 5. The number of carbonyl (C=O) groups excluding carboxylic acids is 1. The highest BCUT2D eigenvalue weighted by atomic mass is 16.6. The maximum absolute atomic E-state index is 12.4. The van der Waals surface area contributed by atoms with E-state index in [4.69, 9.17) is 14.2 Å². The van der Waals surface area contributed by atoms with E-state index < -0.39 is 5.60 Å². The van der Waals surface area contributed by atoms with Crippen LogP contribution < -0.4 is 20.1 Å². The minimum Gasteiger partial charge on any atom is -0.490 e. The summed E-state index contributed by atoms with van der Waals surface area (Å²) in [5.41, 5.74) is 0.361. The molecule has 1 fully saturated rings.